The van der Waals surface area contributed by atoms with Crippen molar-refractivity contribution >= 4 is 5.97 Å². The smallest absolute Gasteiger partial charge is 0.324 e. The molecule has 14 heavy (non-hydrogen) atoms. The van der Waals surface area contributed by atoms with Gasteiger partial charge in [0.1, 0.15) is 6.04 Å². The van der Waals surface area contributed by atoms with Gasteiger partial charge in [0.15, 0.2) is 0 Å². The van der Waals surface area contributed by atoms with Gasteiger partial charge in [-0.15, -0.1) is 0 Å². The number of esters is 1. The first kappa shape index (κ1) is 9.97. The lowest BCUT2D eigenvalue weighted by molar-refractivity contribution is -0.142. The Hall–Kier alpha value is -0.570. The Balaban J connectivity index is 1.77. The summed E-state index contributed by atoms with van der Waals surface area (Å²) in [5, 5.41) is 3.25. The van der Waals surface area contributed by atoms with E-state index in [1.165, 1.54) is 32.1 Å². The van der Waals surface area contributed by atoms with Gasteiger partial charge in [0.05, 0.1) is 6.61 Å². The lowest BCUT2D eigenvalue weighted by Crippen LogP contribution is -2.20. The number of rotatable bonds is 3. The van der Waals surface area contributed by atoms with E-state index in [-0.39, 0.29) is 12.0 Å². The molecule has 80 valence electrons. The molecule has 1 saturated heterocycles. The Morgan fingerprint density at radius 1 is 1.36 bits per heavy atom. The number of ether oxygens (including phenoxy) is 1. The Morgan fingerprint density at radius 2 is 2.07 bits per heavy atom. The van der Waals surface area contributed by atoms with Crippen LogP contribution in [0.3, 0.4) is 0 Å². The van der Waals surface area contributed by atoms with Crippen LogP contribution in [0.4, 0.5) is 0 Å². The summed E-state index contributed by atoms with van der Waals surface area (Å²) in [4.78, 5) is 11.4. The lowest BCUT2D eigenvalue weighted by atomic mass is 9.86. The standard InChI is InChI=1S/C11H19NO2/c1-2-14-11(13)10-9(12-10)8-6-4-3-5-7-8/h8-10,12H,2-7H2,1H3/t9-,10-/m1/s1. The molecule has 1 N–H and O–H groups in total. The zero-order chi connectivity index (χ0) is 9.97. The van der Waals surface area contributed by atoms with Crippen molar-refractivity contribution in [1.29, 1.82) is 0 Å². The second-order valence-corrected chi connectivity index (χ2v) is 4.32. The largest absolute Gasteiger partial charge is 0.465 e. The minimum absolute atomic E-state index is 0.0121. The van der Waals surface area contributed by atoms with E-state index in [0.29, 0.717) is 12.6 Å². The molecule has 3 heteroatoms. The summed E-state index contributed by atoms with van der Waals surface area (Å²) in [6.45, 7) is 2.35. The summed E-state index contributed by atoms with van der Waals surface area (Å²) in [5.74, 6) is 0.668. The molecule has 1 heterocycles. The molecule has 2 atom stereocenters. The van der Waals surface area contributed by atoms with Crippen LogP contribution >= 0.6 is 0 Å². The third-order valence-electron chi connectivity index (χ3n) is 3.32. The van der Waals surface area contributed by atoms with Crippen molar-refractivity contribution in [3.8, 4) is 0 Å². The van der Waals surface area contributed by atoms with Crippen molar-refractivity contribution < 1.29 is 9.53 Å². The molecule has 1 saturated carbocycles. The van der Waals surface area contributed by atoms with E-state index < -0.39 is 0 Å². The minimum atomic E-state index is -0.0527. The summed E-state index contributed by atoms with van der Waals surface area (Å²) in [6, 6.07) is 0.437. The van der Waals surface area contributed by atoms with Crippen LogP contribution in [0.1, 0.15) is 39.0 Å². The molecule has 0 radical (unpaired) electrons. The van der Waals surface area contributed by atoms with E-state index in [0.717, 1.165) is 5.92 Å². The van der Waals surface area contributed by atoms with E-state index in [9.17, 15) is 4.79 Å². The minimum Gasteiger partial charge on any atom is -0.465 e. The fraction of sp³-hybridized carbons (Fsp3) is 0.909. The molecular formula is C11H19NO2. The molecule has 0 amide bonds. The highest BCUT2D eigenvalue weighted by atomic mass is 16.5. The lowest BCUT2D eigenvalue weighted by Gasteiger charge is -2.20. The molecule has 0 aromatic carbocycles. The van der Waals surface area contributed by atoms with E-state index in [2.05, 4.69) is 5.32 Å². The average molecular weight is 197 g/mol. The topological polar surface area (TPSA) is 48.2 Å². The molecule has 1 aliphatic carbocycles. The Morgan fingerprint density at radius 3 is 2.71 bits per heavy atom. The Kier molecular flexibility index (Phi) is 3.06. The zero-order valence-corrected chi connectivity index (χ0v) is 8.79. The normalized spacial score (nSPS) is 32.6. The van der Waals surface area contributed by atoms with E-state index >= 15 is 0 Å². The fourth-order valence-corrected chi connectivity index (χ4v) is 2.50. The quantitative estimate of drug-likeness (QED) is 0.550. The van der Waals surface area contributed by atoms with Crippen LogP contribution in [0.15, 0.2) is 0 Å². The fourth-order valence-electron chi connectivity index (χ4n) is 2.50. The second-order valence-electron chi connectivity index (χ2n) is 4.32. The van der Waals surface area contributed by atoms with Crippen molar-refractivity contribution in [3.63, 3.8) is 0 Å². The number of carbonyl (C=O) groups is 1. The second kappa shape index (κ2) is 4.30. The van der Waals surface area contributed by atoms with Gasteiger partial charge in [-0.25, -0.2) is 0 Å². The maximum Gasteiger partial charge on any atom is 0.324 e. The van der Waals surface area contributed by atoms with Crippen LogP contribution in [-0.2, 0) is 9.53 Å². The average Bonchev–Trinajstić information content (AvgIpc) is 2.99. The highest BCUT2D eigenvalue weighted by Gasteiger charge is 2.47. The van der Waals surface area contributed by atoms with Crippen molar-refractivity contribution in [3.05, 3.63) is 0 Å². The summed E-state index contributed by atoms with van der Waals surface area (Å²) in [5.41, 5.74) is 0. The summed E-state index contributed by atoms with van der Waals surface area (Å²) in [7, 11) is 0. The number of hydrogen-bond acceptors (Lipinski definition) is 3. The third-order valence-corrected chi connectivity index (χ3v) is 3.32. The van der Waals surface area contributed by atoms with E-state index in [4.69, 9.17) is 4.74 Å². The van der Waals surface area contributed by atoms with Crippen molar-refractivity contribution in [2.75, 3.05) is 6.61 Å². The van der Waals surface area contributed by atoms with Crippen LogP contribution in [0.25, 0.3) is 0 Å². The number of nitrogens with one attached hydrogen (secondary N) is 1. The van der Waals surface area contributed by atoms with Gasteiger partial charge < -0.3 is 4.74 Å². The van der Waals surface area contributed by atoms with Crippen LogP contribution < -0.4 is 5.32 Å². The first-order valence-electron chi connectivity index (χ1n) is 5.75. The molecule has 2 fully saturated rings. The molecule has 1 aliphatic heterocycles. The Labute approximate surface area is 85.2 Å². The highest BCUT2D eigenvalue weighted by molar-refractivity contribution is 5.80. The highest BCUT2D eigenvalue weighted by Crippen LogP contribution is 2.33. The van der Waals surface area contributed by atoms with E-state index in [1.54, 1.807) is 0 Å². The first-order valence-corrected chi connectivity index (χ1v) is 5.75. The molecule has 0 unspecified atom stereocenters. The molecule has 2 rings (SSSR count). The van der Waals surface area contributed by atoms with Crippen molar-refractivity contribution in [2.24, 2.45) is 5.92 Å². The van der Waals surface area contributed by atoms with Gasteiger partial charge in [0, 0.05) is 6.04 Å². The molecule has 0 aromatic rings. The molecular weight excluding hydrogens is 178 g/mol. The monoisotopic (exact) mass is 197 g/mol. The van der Waals surface area contributed by atoms with Crippen molar-refractivity contribution in [1.82, 2.24) is 5.32 Å². The zero-order valence-electron chi connectivity index (χ0n) is 8.79. The molecule has 0 spiro atoms. The molecule has 3 nitrogen and oxygen atoms in total. The maximum atomic E-state index is 11.4. The van der Waals surface area contributed by atoms with Gasteiger partial charge in [-0.1, -0.05) is 19.3 Å². The first-order chi connectivity index (χ1) is 6.83. The summed E-state index contributed by atoms with van der Waals surface area (Å²) in [6.07, 6.45) is 6.60. The Bertz CT molecular complexity index is 211. The number of hydrogen-bond donors (Lipinski definition) is 1. The van der Waals surface area contributed by atoms with Gasteiger partial charge in [0.2, 0.25) is 0 Å². The van der Waals surface area contributed by atoms with Crippen LogP contribution in [0.2, 0.25) is 0 Å². The van der Waals surface area contributed by atoms with Crippen LogP contribution in [0.5, 0.6) is 0 Å². The van der Waals surface area contributed by atoms with Crippen molar-refractivity contribution in [2.45, 2.75) is 51.1 Å². The van der Waals surface area contributed by atoms with Gasteiger partial charge in [-0.05, 0) is 25.7 Å². The van der Waals surface area contributed by atoms with Gasteiger partial charge in [0.25, 0.3) is 0 Å². The molecule has 0 aromatic heterocycles. The van der Waals surface area contributed by atoms with Crippen LogP contribution in [0, 0.1) is 5.92 Å². The summed E-state index contributed by atoms with van der Waals surface area (Å²) < 4.78 is 4.99. The van der Waals surface area contributed by atoms with Gasteiger partial charge >= 0.3 is 5.97 Å². The van der Waals surface area contributed by atoms with Crippen LogP contribution in [-0.4, -0.2) is 24.7 Å². The maximum absolute atomic E-state index is 11.4. The molecule has 0 bridgehead atoms. The predicted molar refractivity (Wildman–Crippen MR) is 53.9 cm³/mol. The third kappa shape index (κ3) is 2.08. The number of carbonyl (C=O) groups excluding carboxylic acids is 1. The molecule has 2 aliphatic rings. The van der Waals surface area contributed by atoms with Gasteiger partial charge in [-0.3, -0.25) is 10.1 Å². The van der Waals surface area contributed by atoms with Gasteiger partial charge in [-0.2, -0.15) is 0 Å². The van der Waals surface area contributed by atoms with E-state index in [1.807, 2.05) is 6.92 Å². The predicted octanol–water partition coefficient (Wildman–Crippen LogP) is 1.47. The SMILES string of the molecule is CCOC(=O)[C@@H]1N[C@@H]1C1CCCCC1. The summed E-state index contributed by atoms with van der Waals surface area (Å²) >= 11 is 0.